The van der Waals surface area contributed by atoms with Crippen LogP contribution in [0.2, 0.25) is 0 Å². The predicted octanol–water partition coefficient (Wildman–Crippen LogP) is 2.89. The number of nitrogens with zero attached hydrogens (tertiary/aromatic N) is 5. The molecule has 1 atom stereocenters. The van der Waals surface area contributed by atoms with E-state index in [1.54, 1.807) is 11.4 Å². The van der Waals surface area contributed by atoms with Crippen LogP contribution >= 0.6 is 0 Å². The summed E-state index contributed by atoms with van der Waals surface area (Å²) < 4.78 is 38.6. The lowest BCUT2D eigenvalue weighted by molar-refractivity contribution is -0.0365. The summed E-state index contributed by atoms with van der Waals surface area (Å²) >= 11 is 0. The molecule has 0 radical (unpaired) electrons. The van der Waals surface area contributed by atoms with Gasteiger partial charge < -0.3 is 14.4 Å². The molecule has 9 nitrogen and oxygen atoms in total. The number of hydrogen-bond acceptors (Lipinski definition) is 7. The molecular weight excluding hydrogens is 454 g/mol. The predicted molar refractivity (Wildman–Crippen MR) is 129 cm³/mol. The van der Waals surface area contributed by atoms with E-state index in [0.717, 1.165) is 72.7 Å². The van der Waals surface area contributed by atoms with Crippen molar-refractivity contribution in [2.45, 2.75) is 25.5 Å². The third-order valence-electron chi connectivity index (χ3n) is 7.23. The minimum Gasteiger partial charge on any atom is -0.496 e. The summed E-state index contributed by atoms with van der Waals surface area (Å²) in [6.07, 6.45) is 6.22. The molecule has 0 saturated carbocycles. The second-order valence-corrected chi connectivity index (χ2v) is 11.7. The number of anilines is 1. The van der Waals surface area contributed by atoms with Crippen molar-refractivity contribution in [3.05, 3.63) is 36.5 Å². The van der Waals surface area contributed by atoms with Gasteiger partial charge in [0, 0.05) is 50.0 Å². The minimum atomic E-state index is -3.09. The summed E-state index contributed by atoms with van der Waals surface area (Å²) in [5, 5.41) is 5.94. The van der Waals surface area contributed by atoms with E-state index in [-0.39, 0.29) is 11.6 Å². The average Bonchev–Trinajstić information content (AvgIpc) is 3.17. The Hall–Kier alpha value is -2.69. The molecule has 3 saturated heterocycles. The smallest absolute Gasteiger partial charge is 0.211 e. The van der Waals surface area contributed by atoms with Crippen LogP contribution in [-0.4, -0.2) is 73.6 Å². The lowest BCUT2D eigenvalue weighted by atomic mass is 9.74. The molecule has 6 rings (SSSR count). The third-order valence-corrected chi connectivity index (χ3v) is 8.43. The van der Waals surface area contributed by atoms with E-state index in [0.29, 0.717) is 13.1 Å². The number of hydrogen-bond donors (Lipinski definition) is 0. The summed E-state index contributed by atoms with van der Waals surface area (Å²) in [6, 6.07) is 10.1. The second-order valence-electron chi connectivity index (χ2n) is 9.76. The number of fused-ring (bicyclic) bond motifs is 1. The van der Waals surface area contributed by atoms with E-state index in [1.807, 2.05) is 29.1 Å². The van der Waals surface area contributed by atoms with Crippen LogP contribution < -0.4 is 9.64 Å². The zero-order valence-electron chi connectivity index (χ0n) is 19.5. The second kappa shape index (κ2) is 7.93. The van der Waals surface area contributed by atoms with Gasteiger partial charge in [0.05, 0.1) is 24.3 Å². The van der Waals surface area contributed by atoms with Gasteiger partial charge in [0.25, 0.3) is 0 Å². The Morgan fingerprint density at radius 2 is 1.94 bits per heavy atom. The Morgan fingerprint density at radius 1 is 1.12 bits per heavy atom. The van der Waals surface area contributed by atoms with Gasteiger partial charge in [-0.3, -0.25) is 0 Å². The molecule has 0 aliphatic carbocycles. The van der Waals surface area contributed by atoms with Crippen LogP contribution in [0.4, 0.5) is 5.82 Å². The Bertz CT molecular complexity index is 1320. The van der Waals surface area contributed by atoms with E-state index in [4.69, 9.17) is 19.6 Å². The maximum atomic E-state index is 11.7. The van der Waals surface area contributed by atoms with Crippen LogP contribution in [-0.2, 0) is 14.8 Å². The zero-order valence-corrected chi connectivity index (χ0v) is 20.3. The highest BCUT2D eigenvalue weighted by atomic mass is 32.2. The highest BCUT2D eigenvalue weighted by molar-refractivity contribution is 7.88. The van der Waals surface area contributed by atoms with Gasteiger partial charge in [-0.05, 0) is 43.5 Å². The molecule has 180 valence electrons. The fourth-order valence-corrected chi connectivity index (χ4v) is 6.46. The van der Waals surface area contributed by atoms with E-state index < -0.39 is 10.0 Å². The van der Waals surface area contributed by atoms with Crippen LogP contribution in [0.15, 0.2) is 36.5 Å². The minimum absolute atomic E-state index is 0.0735. The van der Waals surface area contributed by atoms with Crippen molar-refractivity contribution in [3.8, 4) is 17.0 Å². The number of rotatable bonds is 5. The first-order chi connectivity index (χ1) is 16.4. The van der Waals surface area contributed by atoms with E-state index >= 15 is 0 Å². The van der Waals surface area contributed by atoms with E-state index in [9.17, 15) is 8.42 Å². The summed E-state index contributed by atoms with van der Waals surface area (Å²) in [5.41, 5.74) is 2.83. The molecule has 1 spiro atoms. The van der Waals surface area contributed by atoms with Gasteiger partial charge in [-0.2, -0.15) is 5.10 Å². The highest BCUT2D eigenvalue weighted by Gasteiger charge is 2.54. The lowest BCUT2D eigenvalue weighted by Gasteiger charge is -2.59. The Balaban J connectivity index is 1.26. The molecule has 0 N–H and O–H groups in total. The van der Waals surface area contributed by atoms with Gasteiger partial charge in [0.1, 0.15) is 17.3 Å². The molecule has 3 aliphatic heterocycles. The van der Waals surface area contributed by atoms with Crippen LogP contribution in [0.5, 0.6) is 5.75 Å². The number of benzene rings is 1. The van der Waals surface area contributed by atoms with Gasteiger partial charge in [-0.25, -0.2) is 22.4 Å². The van der Waals surface area contributed by atoms with Gasteiger partial charge >= 0.3 is 0 Å². The van der Waals surface area contributed by atoms with Gasteiger partial charge in [-0.15, -0.1) is 0 Å². The third kappa shape index (κ3) is 3.55. The molecule has 3 aliphatic rings. The molecule has 10 heteroatoms. The molecule has 1 unspecified atom stereocenters. The van der Waals surface area contributed by atoms with E-state index in [2.05, 4.69) is 17.0 Å². The monoisotopic (exact) mass is 483 g/mol. The summed E-state index contributed by atoms with van der Waals surface area (Å²) in [5.74, 6) is 1.68. The van der Waals surface area contributed by atoms with Crippen LogP contribution in [0.1, 0.15) is 25.5 Å². The first-order valence-electron chi connectivity index (χ1n) is 11.7. The highest BCUT2D eigenvalue weighted by Crippen LogP contribution is 2.43. The van der Waals surface area contributed by atoms with Crippen molar-refractivity contribution in [1.29, 1.82) is 0 Å². The quantitative estimate of drug-likeness (QED) is 0.551. The van der Waals surface area contributed by atoms with Gasteiger partial charge in [0.2, 0.25) is 10.0 Å². The molecule has 1 aromatic carbocycles. The van der Waals surface area contributed by atoms with Gasteiger partial charge in [0.15, 0.2) is 6.23 Å². The van der Waals surface area contributed by atoms with Crippen LogP contribution in [0.3, 0.4) is 0 Å². The number of methoxy groups -OCH3 is 1. The maximum Gasteiger partial charge on any atom is 0.211 e. The zero-order chi connectivity index (χ0) is 23.5. The van der Waals surface area contributed by atoms with Crippen molar-refractivity contribution in [1.82, 2.24) is 19.1 Å². The van der Waals surface area contributed by atoms with Gasteiger partial charge in [-0.1, -0.05) is 6.07 Å². The van der Waals surface area contributed by atoms with Crippen molar-refractivity contribution >= 4 is 26.7 Å². The fourth-order valence-electron chi connectivity index (χ4n) is 5.44. The van der Waals surface area contributed by atoms with Crippen LogP contribution in [0.25, 0.3) is 22.2 Å². The van der Waals surface area contributed by atoms with Crippen molar-refractivity contribution in [2.75, 3.05) is 51.1 Å². The molecule has 0 amide bonds. The molecule has 2 aromatic heterocycles. The fraction of sp³-hybridized carbons (Fsp3) is 0.500. The molecule has 3 aromatic rings. The number of sulfonamides is 1. The first-order valence-corrected chi connectivity index (χ1v) is 13.6. The van der Waals surface area contributed by atoms with E-state index in [1.165, 1.54) is 6.26 Å². The standard InChI is InChI=1S/C24H29N5O4S/c1-32-19-7-5-6-18-22(19)23(26-29(18)21-8-3-4-11-33-21)17-9-10-20(25-12-17)27-13-24(14-27)15-28(16-24)34(2,30)31/h5-7,9-10,12,21H,3-4,8,11,13-16H2,1-2H3. The number of pyridine rings is 1. The maximum absolute atomic E-state index is 11.7. The Kier molecular flexibility index (Phi) is 5.09. The molecule has 0 bridgehead atoms. The lowest BCUT2D eigenvalue weighted by Crippen LogP contribution is -2.73. The SMILES string of the molecule is COc1cccc2c1c(-c1ccc(N3CC4(C3)CN(S(C)(=O)=O)C4)nc1)nn2C1CCCCO1. The largest absolute Gasteiger partial charge is 0.496 e. The molecule has 5 heterocycles. The average molecular weight is 484 g/mol. The van der Waals surface area contributed by atoms with Crippen molar-refractivity contribution < 1.29 is 17.9 Å². The topological polar surface area (TPSA) is 89.8 Å². The summed E-state index contributed by atoms with van der Waals surface area (Å²) in [7, 11) is -1.41. The Labute approximate surface area is 199 Å². The Morgan fingerprint density at radius 3 is 2.59 bits per heavy atom. The molecule has 34 heavy (non-hydrogen) atoms. The summed E-state index contributed by atoms with van der Waals surface area (Å²) in [6.45, 7) is 3.62. The summed E-state index contributed by atoms with van der Waals surface area (Å²) in [4.78, 5) is 6.93. The normalized spacial score (nSPS) is 22.5. The number of aromatic nitrogens is 3. The first kappa shape index (κ1) is 21.8. The number of ether oxygens (including phenoxy) is 2. The van der Waals surface area contributed by atoms with Crippen LogP contribution in [0, 0.1) is 5.41 Å². The molecule has 3 fully saturated rings. The van der Waals surface area contributed by atoms with Crippen molar-refractivity contribution in [2.24, 2.45) is 5.41 Å². The van der Waals surface area contributed by atoms with Crippen molar-refractivity contribution in [3.63, 3.8) is 0 Å². The molecular formula is C24H29N5O4S.